The van der Waals surface area contributed by atoms with Gasteiger partial charge in [0, 0.05) is 5.57 Å². The van der Waals surface area contributed by atoms with Crippen LogP contribution in [0.5, 0.6) is 0 Å². The molecule has 0 aliphatic heterocycles. The summed E-state index contributed by atoms with van der Waals surface area (Å²) in [5.41, 5.74) is 3.94. The summed E-state index contributed by atoms with van der Waals surface area (Å²) >= 11 is 0. The molecular weight excluding hydrogens is 306 g/mol. The third-order valence-electron chi connectivity index (χ3n) is 4.73. The lowest BCUT2D eigenvalue weighted by Gasteiger charge is -2.16. The summed E-state index contributed by atoms with van der Waals surface area (Å²) in [6, 6.07) is 24.5. The highest BCUT2D eigenvalue weighted by molar-refractivity contribution is 6.00. The molecule has 0 unspecified atom stereocenters. The van der Waals surface area contributed by atoms with Gasteiger partial charge in [-0.25, -0.2) is 0 Å². The maximum Gasteiger partial charge on any atom is 0.247 e. The first-order chi connectivity index (χ1) is 12.1. The van der Waals surface area contributed by atoms with Crippen molar-refractivity contribution < 1.29 is 4.79 Å². The van der Waals surface area contributed by atoms with Gasteiger partial charge in [-0.15, -0.1) is 0 Å². The van der Waals surface area contributed by atoms with Crippen LogP contribution >= 0.6 is 0 Å². The number of allylic oxidation sites excluding steroid dienone is 1. The van der Waals surface area contributed by atoms with Gasteiger partial charge in [0.1, 0.15) is 0 Å². The number of carbonyl (C=O) groups is 1. The summed E-state index contributed by atoms with van der Waals surface area (Å²) in [4.78, 5) is 12.6. The number of fused-ring (bicyclic) bond motifs is 1. The normalized spacial score (nSPS) is 13.2. The molecule has 3 rings (SSSR count). The van der Waals surface area contributed by atoms with Crippen molar-refractivity contribution in [2.45, 2.75) is 26.8 Å². The fourth-order valence-electron chi connectivity index (χ4n) is 2.94. The summed E-state index contributed by atoms with van der Waals surface area (Å²) in [6.07, 6.45) is 0. The third kappa shape index (κ3) is 3.80. The van der Waals surface area contributed by atoms with Gasteiger partial charge in [-0.1, -0.05) is 66.7 Å². The van der Waals surface area contributed by atoms with E-state index in [-0.39, 0.29) is 11.9 Å². The quantitative estimate of drug-likeness (QED) is 0.628. The number of amides is 1. The van der Waals surface area contributed by atoms with Gasteiger partial charge < -0.3 is 5.32 Å². The van der Waals surface area contributed by atoms with Crippen LogP contribution in [0, 0.1) is 0 Å². The molecule has 0 aliphatic carbocycles. The molecule has 1 N–H and O–H groups in total. The van der Waals surface area contributed by atoms with Crippen LogP contribution in [0.2, 0.25) is 0 Å². The van der Waals surface area contributed by atoms with E-state index in [4.69, 9.17) is 0 Å². The Morgan fingerprint density at radius 1 is 0.840 bits per heavy atom. The van der Waals surface area contributed by atoms with Crippen molar-refractivity contribution in [3.63, 3.8) is 0 Å². The van der Waals surface area contributed by atoms with E-state index in [1.807, 2.05) is 63.2 Å². The molecule has 2 nitrogen and oxygen atoms in total. The van der Waals surface area contributed by atoms with Crippen molar-refractivity contribution in [3.05, 3.63) is 89.5 Å². The number of hydrogen-bond donors (Lipinski definition) is 1. The predicted molar refractivity (Wildman–Crippen MR) is 105 cm³/mol. The summed E-state index contributed by atoms with van der Waals surface area (Å²) < 4.78 is 0. The van der Waals surface area contributed by atoms with Crippen molar-refractivity contribution in [2.24, 2.45) is 0 Å². The van der Waals surface area contributed by atoms with Gasteiger partial charge in [0.25, 0.3) is 0 Å². The van der Waals surface area contributed by atoms with E-state index in [1.165, 1.54) is 10.8 Å². The van der Waals surface area contributed by atoms with Crippen LogP contribution in [0.4, 0.5) is 0 Å². The maximum absolute atomic E-state index is 12.6. The fraction of sp³-hybridized carbons (Fsp3) is 0.174. The molecule has 0 saturated heterocycles. The molecule has 0 radical (unpaired) electrons. The molecule has 0 bridgehead atoms. The topological polar surface area (TPSA) is 29.1 Å². The standard InChI is InChI=1S/C23H23NO/c1-16(19-9-5-4-6-10-19)17(2)23(25)24-18(3)21-14-13-20-11-7-8-12-22(20)15-21/h4-15,18H,1-3H3,(H,24,25)/b17-16+/t18-/m0/s1. The van der Waals surface area contributed by atoms with Gasteiger partial charge in [-0.3, -0.25) is 4.79 Å². The highest BCUT2D eigenvalue weighted by Gasteiger charge is 2.13. The minimum atomic E-state index is -0.0457. The Bertz CT molecular complexity index is 925. The first-order valence-corrected chi connectivity index (χ1v) is 8.58. The lowest BCUT2D eigenvalue weighted by atomic mass is 10.0. The van der Waals surface area contributed by atoms with Crippen LogP contribution in [-0.2, 0) is 4.79 Å². The monoisotopic (exact) mass is 329 g/mol. The highest BCUT2D eigenvalue weighted by Crippen LogP contribution is 2.22. The molecule has 25 heavy (non-hydrogen) atoms. The Hall–Kier alpha value is -2.87. The molecule has 0 fully saturated rings. The zero-order valence-corrected chi connectivity index (χ0v) is 14.9. The maximum atomic E-state index is 12.6. The average molecular weight is 329 g/mol. The Morgan fingerprint density at radius 2 is 1.48 bits per heavy atom. The summed E-state index contributed by atoms with van der Waals surface area (Å²) in [5, 5.41) is 5.51. The highest BCUT2D eigenvalue weighted by atomic mass is 16.1. The number of carbonyl (C=O) groups excluding carboxylic acids is 1. The van der Waals surface area contributed by atoms with Crippen molar-refractivity contribution in [3.8, 4) is 0 Å². The van der Waals surface area contributed by atoms with E-state index < -0.39 is 0 Å². The Morgan fingerprint density at radius 3 is 2.20 bits per heavy atom. The van der Waals surface area contributed by atoms with Crippen molar-refractivity contribution >= 4 is 22.3 Å². The van der Waals surface area contributed by atoms with Gasteiger partial charge in [0.15, 0.2) is 0 Å². The van der Waals surface area contributed by atoms with E-state index in [0.717, 1.165) is 22.3 Å². The SMILES string of the molecule is C/C(C(=O)N[C@@H](C)c1ccc2ccccc2c1)=C(/C)c1ccccc1. The number of hydrogen-bond acceptors (Lipinski definition) is 1. The van der Waals surface area contributed by atoms with Gasteiger partial charge >= 0.3 is 0 Å². The van der Waals surface area contributed by atoms with Crippen LogP contribution in [0.25, 0.3) is 16.3 Å². The molecular formula is C23H23NO. The summed E-state index contributed by atoms with van der Waals surface area (Å²) in [5.74, 6) is -0.0259. The van der Waals surface area contributed by atoms with Gasteiger partial charge in [0.05, 0.1) is 6.04 Å². The lowest BCUT2D eigenvalue weighted by molar-refractivity contribution is -0.118. The fourth-order valence-corrected chi connectivity index (χ4v) is 2.94. The molecule has 3 aromatic rings. The van der Waals surface area contributed by atoms with Crippen LogP contribution < -0.4 is 5.32 Å². The second-order valence-electron chi connectivity index (χ2n) is 6.42. The molecule has 0 saturated carbocycles. The zero-order chi connectivity index (χ0) is 17.8. The molecule has 0 aromatic heterocycles. The molecule has 1 amide bonds. The summed E-state index contributed by atoms with van der Waals surface area (Å²) in [6.45, 7) is 5.89. The Kier molecular flexibility index (Phi) is 4.99. The first kappa shape index (κ1) is 17.0. The van der Waals surface area contributed by atoms with E-state index in [2.05, 4.69) is 35.6 Å². The number of rotatable bonds is 4. The molecule has 2 heteroatoms. The van der Waals surface area contributed by atoms with E-state index in [0.29, 0.717) is 0 Å². The third-order valence-corrected chi connectivity index (χ3v) is 4.73. The molecule has 126 valence electrons. The van der Waals surface area contributed by atoms with Gasteiger partial charge in [-0.2, -0.15) is 0 Å². The van der Waals surface area contributed by atoms with Gasteiger partial charge in [0.2, 0.25) is 5.91 Å². The minimum Gasteiger partial charge on any atom is -0.346 e. The van der Waals surface area contributed by atoms with E-state index in [1.54, 1.807) is 0 Å². The molecule has 3 aromatic carbocycles. The van der Waals surface area contributed by atoms with Crippen molar-refractivity contribution in [2.75, 3.05) is 0 Å². The van der Waals surface area contributed by atoms with E-state index >= 15 is 0 Å². The van der Waals surface area contributed by atoms with Crippen molar-refractivity contribution in [1.29, 1.82) is 0 Å². The number of nitrogens with one attached hydrogen (secondary N) is 1. The second-order valence-corrected chi connectivity index (χ2v) is 6.42. The second kappa shape index (κ2) is 7.35. The lowest BCUT2D eigenvalue weighted by Crippen LogP contribution is -2.27. The minimum absolute atomic E-state index is 0.0259. The van der Waals surface area contributed by atoms with Crippen LogP contribution in [0.1, 0.15) is 37.9 Å². The van der Waals surface area contributed by atoms with Gasteiger partial charge in [-0.05, 0) is 54.3 Å². The van der Waals surface area contributed by atoms with Crippen LogP contribution in [0.15, 0.2) is 78.4 Å². The molecule has 0 heterocycles. The summed E-state index contributed by atoms with van der Waals surface area (Å²) in [7, 11) is 0. The number of benzene rings is 3. The predicted octanol–water partition coefficient (Wildman–Crippen LogP) is 5.51. The van der Waals surface area contributed by atoms with Crippen LogP contribution in [-0.4, -0.2) is 5.91 Å². The van der Waals surface area contributed by atoms with E-state index in [9.17, 15) is 4.79 Å². The Balaban J connectivity index is 1.79. The zero-order valence-electron chi connectivity index (χ0n) is 14.9. The molecule has 0 spiro atoms. The molecule has 0 aliphatic rings. The average Bonchev–Trinajstić information content (AvgIpc) is 2.67. The smallest absolute Gasteiger partial charge is 0.247 e. The van der Waals surface area contributed by atoms with Crippen LogP contribution in [0.3, 0.4) is 0 Å². The molecule has 1 atom stereocenters. The Labute approximate surface area is 149 Å². The van der Waals surface area contributed by atoms with Crippen molar-refractivity contribution in [1.82, 2.24) is 5.32 Å². The largest absolute Gasteiger partial charge is 0.346 e. The first-order valence-electron chi connectivity index (χ1n) is 8.58.